The number of ether oxygens (including phenoxy) is 1. The molecule has 0 bridgehead atoms. The van der Waals surface area contributed by atoms with Crippen LogP contribution < -0.4 is 10.1 Å². The van der Waals surface area contributed by atoms with Crippen molar-refractivity contribution in [1.29, 1.82) is 0 Å². The molecule has 226 valence electrons. The predicted octanol–water partition coefficient (Wildman–Crippen LogP) is 5.34. The van der Waals surface area contributed by atoms with Gasteiger partial charge in [-0.3, -0.25) is 14.5 Å². The second kappa shape index (κ2) is 13.1. The number of rotatable bonds is 9. The predicted molar refractivity (Wildman–Crippen MR) is 139 cm³/mol. The topological polar surface area (TPSA) is 82.1 Å². The molecule has 2 aromatic carbocycles. The summed E-state index contributed by atoms with van der Waals surface area (Å²) in [7, 11) is 1.78. The van der Waals surface area contributed by atoms with Crippen LogP contribution in [0.2, 0.25) is 0 Å². The van der Waals surface area contributed by atoms with E-state index in [1.165, 1.54) is 35.2 Å². The summed E-state index contributed by atoms with van der Waals surface area (Å²) in [6.45, 7) is 4.10. The molecule has 13 heteroatoms. The van der Waals surface area contributed by atoms with Gasteiger partial charge in [0.1, 0.15) is 11.9 Å². The number of likely N-dealkylation sites (N-methyl/N-ethyl adjacent to an activating group) is 1. The van der Waals surface area contributed by atoms with Crippen LogP contribution >= 0.6 is 0 Å². The van der Waals surface area contributed by atoms with Crippen LogP contribution in [-0.4, -0.2) is 71.8 Å². The van der Waals surface area contributed by atoms with Gasteiger partial charge in [-0.25, -0.2) is 0 Å². The summed E-state index contributed by atoms with van der Waals surface area (Å²) in [5.41, 5.74) is 0.113. The number of carbonyl (C=O) groups is 2. The average molecular weight is 590 g/mol. The SMILES string of the molecule is C[C@H](CO)N1C[C@H](C)[C@H](CN(C)Cc2ccc(C(F)(F)F)cc2)Oc2ccc(NC(=O)CCC(F)(F)F)cc2C1=O. The maximum Gasteiger partial charge on any atom is 0.416 e. The average Bonchev–Trinajstić information content (AvgIpc) is 2.88. The fraction of sp³-hybridized carbons (Fsp3) is 0.500. The number of nitrogens with one attached hydrogen (secondary N) is 1. The van der Waals surface area contributed by atoms with Gasteiger partial charge in [-0.1, -0.05) is 19.1 Å². The van der Waals surface area contributed by atoms with Gasteiger partial charge < -0.3 is 20.1 Å². The smallest absolute Gasteiger partial charge is 0.416 e. The van der Waals surface area contributed by atoms with Gasteiger partial charge in [-0.05, 0) is 49.9 Å². The molecule has 0 radical (unpaired) electrons. The number of hydrogen-bond donors (Lipinski definition) is 2. The summed E-state index contributed by atoms with van der Waals surface area (Å²) in [5, 5.41) is 12.2. The van der Waals surface area contributed by atoms with Crippen molar-refractivity contribution in [1.82, 2.24) is 9.80 Å². The second-order valence-corrected chi connectivity index (χ2v) is 10.4. The van der Waals surface area contributed by atoms with Crippen molar-refractivity contribution < 1.29 is 45.8 Å². The second-order valence-electron chi connectivity index (χ2n) is 10.4. The summed E-state index contributed by atoms with van der Waals surface area (Å²) in [6, 6.07) is 8.50. The van der Waals surface area contributed by atoms with Gasteiger partial charge >= 0.3 is 12.4 Å². The summed E-state index contributed by atoms with van der Waals surface area (Å²) in [4.78, 5) is 28.9. The third-order valence-electron chi connectivity index (χ3n) is 6.81. The number of fused-ring (bicyclic) bond motifs is 1. The van der Waals surface area contributed by atoms with E-state index < -0.39 is 54.7 Å². The summed E-state index contributed by atoms with van der Waals surface area (Å²) < 4.78 is 82.4. The number of aliphatic hydroxyl groups is 1. The van der Waals surface area contributed by atoms with Crippen LogP contribution in [0.4, 0.5) is 32.0 Å². The largest absolute Gasteiger partial charge is 0.488 e. The molecule has 0 saturated carbocycles. The molecule has 7 nitrogen and oxygen atoms in total. The van der Waals surface area contributed by atoms with Crippen LogP contribution in [0, 0.1) is 5.92 Å². The Morgan fingerprint density at radius 1 is 1.15 bits per heavy atom. The molecule has 3 atom stereocenters. The highest BCUT2D eigenvalue weighted by Gasteiger charge is 2.34. The van der Waals surface area contributed by atoms with E-state index in [0.717, 1.165) is 12.1 Å². The Kier molecular flexibility index (Phi) is 10.3. The lowest BCUT2D eigenvalue weighted by Crippen LogP contribution is -2.49. The Morgan fingerprint density at radius 3 is 2.39 bits per heavy atom. The fourth-order valence-electron chi connectivity index (χ4n) is 4.48. The number of nitrogens with zero attached hydrogens (tertiary/aromatic N) is 2. The quantitative estimate of drug-likeness (QED) is 0.386. The van der Waals surface area contributed by atoms with Gasteiger partial charge in [0.2, 0.25) is 5.91 Å². The lowest BCUT2D eigenvalue weighted by molar-refractivity contribution is -0.142. The monoisotopic (exact) mass is 589 g/mol. The van der Waals surface area contributed by atoms with E-state index in [9.17, 15) is 41.0 Å². The van der Waals surface area contributed by atoms with Crippen LogP contribution in [0.3, 0.4) is 0 Å². The van der Waals surface area contributed by atoms with E-state index in [0.29, 0.717) is 18.7 Å². The van der Waals surface area contributed by atoms with Gasteiger partial charge in [0.25, 0.3) is 5.91 Å². The van der Waals surface area contributed by atoms with E-state index >= 15 is 0 Å². The molecule has 2 aromatic rings. The number of alkyl halides is 6. The standard InChI is InChI=1S/C28H33F6N3O4/c1-17-13-37(18(2)16-38)26(40)22-12-21(35-25(39)10-11-27(29,30)31)8-9-23(22)41-24(17)15-36(3)14-19-4-6-20(7-5-19)28(32,33)34/h4-9,12,17-18,24,38H,10-11,13-16H2,1-3H3,(H,35,39)/t17-,18+,24-/m0/s1. The highest BCUT2D eigenvalue weighted by Crippen LogP contribution is 2.32. The van der Waals surface area contributed by atoms with Crippen molar-refractivity contribution in [2.45, 2.75) is 57.7 Å². The van der Waals surface area contributed by atoms with Gasteiger partial charge in [0, 0.05) is 37.7 Å². The Labute approximate surface area is 234 Å². The lowest BCUT2D eigenvalue weighted by atomic mass is 9.99. The zero-order chi connectivity index (χ0) is 30.5. The molecule has 0 aromatic heterocycles. The minimum absolute atomic E-state index is 0.0706. The Hall–Kier alpha value is -3.32. The third-order valence-corrected chi connectivity index (χ3v) is 6.81. The Morgan fingerprint density at radius 2 is 1.80 bits per heavy atom. The lowest BCUT2D eigenvalue weighted by Gasteiger charge is -2.38. The molecule has 1 aliphatic rings. The number of amides is 2. The molecule has 2 amide bonds. The molecule has 41 heavy (non-hydrogen) atoms. The zero-order valence-electron chi connectivity index (χ0n) is 22.9. The van der Waals surface area contributed by atoms with Gasteiger partial charge in [0.15, 0.2) is 0 Å². The summed E-state index contributed by atoms with van der Waals surface area (Å²) in [6.07, 6.45) is -11.5. The maximum atomic E-state index is 13.5. The molecule has 0 saturated heterocycles. The van der Waals surface area contributed by atoms with Crippen LogP contribution in [0.15, 0.2) is 42.5 Å². The minimum atomic E-state index is -4.49. The normalized spacial score (nSPS) is 18.8. The van der Waals surface area contributed by atoms with E-state index in [1.54, 1.807) is 14.0 Å². The Balaban J connectivity index is 1.82. The molecule has 0 aliphatic carbocycles. The van der Waals surface area contributed by atoms with Gasteiger partial charge in [-0.15, -0.1) is 0 Å². The number of hydrogen-bond acceptors (Lipinski definition) is 5. The maximum absolute atomic E-state index is 13.5. The number of benzene rings is 2. The molecule has 3 rings (SSSR count). The number of carbonyl (C=O) groups excluding carboxylic acids is 2. The zero-order valence-corrected chi connectivity index (χ0v) is 22.9. The van der Waals surface area contributed by atoms with Crippen molar-refractivity contribution in [3.05, 3.63) is 59.2 Å². The first kappa shape index (κ1) is 32.2. The molecule has 0 fully saturated rings. The third kappa shape index (κ3) is 9.09. The molecule has 1 aliphatic heterocycles. The first-order chi connectivity index (χ1) is 19.1. The van der Waals surface area contributed by atoms with Crippen molar-refractivity contribution in [3.8, 4) is 5.75 Å². The van der Waals surface area contributed by atoms with E-state index in [1.807, 2.05) is 11.8 Å². The van der Waals surface area contributed by atoms with Crippen LogP contribution in [0.1, 0.15) is 48.2 Å². The fourth-order valence-corrected chi connectivity index (χ4v) is 4.48. The van der Waals surface area contributed by atoms with E-state index in [4.69, 9.17) is 4.74 Å². The van der Waals surface area contributed by atoms with Crippen LogP contribution in [0.25, 0.3) is 0 Å². The van der Waals surface area contributed by atoms with Crippen LogP contribution in [-0.2, 0) is 17.5 Å². The van der Waals surface area contributed by atoms with E-state index in [-0.39, 0.29) is 36.1 Å². The minimum Gasteiger partial charge on any atom is -0.488 e. The highest BCUT2D eigenvalue weighted by molar-refractivity contribution is 5.99. The number of halogens is 6. The van der Waals surface area contributed by atoms with Crippen molar-refractivity contribution in [2.24, 2.45) is 5.92 Å². The van der Waals surface area contributed by atoms with Crippen molar-refractivity contribution in [2.75, 3.05) is 32.1 Å². The molecule has 0 unspecified atom stereocenters. The number of aliphatic hydroxyl groups excluding tert-OH is 1. The van der Waals surface area contributed by atoms with Crippen LogP contribution in [0.5, 0.6) is 5.75 Å². The van der Waals surface area contributed by atoms with Gasteiger partial charge in [0.05, 0.1) is 30.2 Å². The van der Waals surface area contributed by atoms with E-state index in [2.05, 4.69) is 5.32 Å². The molecule has 2 N–H and O–H groups in total. The summed E-state index contributed by atoms with van der Waals surface area (Å²) >= 11 is 0. The Bertz CT molecular complexity index is 1200. The van der Waals surface area contributed by atoms with Gasteiger partial charge in [-0.2, -0.15) is 26.3 Å². The van der Waals surface area contributed by atoms with Crippen molar-refractivity contribution >= 4 is 17.5 Å². The molecular formula is C28H33F6N3O4. The first-order valence-corrected chi connectivity index (χ1v) is 13.0. The molecular weight excluding hydrogens is 556 g/mol. The molecule has 1 heterocycles. The molecule has 0 spiro atoms. The first-order valence-electron chi connectivity index (χ1n) is 13.0. The van der Waals surface area contributed by atoms with Crippen molar-refractivity contribution in [3.63, 3.8) is 0 Å². The number of anilines is 1. The highest BCUT2D eigenvalue weighted by atomic mass is 19.4. The summed E-state index contributed by atoms with van der Waals surface area (Å²) in [5.74, 6) is -1.37.